The van der Waals surface area contributed by atoms with Gasteiger partial charge in [-0.2, -0.15) is 0 Å². The van der Waals surface area contributed by atoms with E-state index in [1.807, 2.05) is 0 Å². The van der Waals surface area contributed by atoms with Crippen LogP contribution in [-0.4, -0.2) is 24.3 Å². The Kier molecular flexibility index (Phi) is 2.86. The molecule has 5 heteroatoms. The van der Waals surface area contributed by atoms with E-state index in [-0.39, 0.29) is 18.2 Å². The number of benzene rings is 1. The van der Waals surface area contributed by atoms with Gasteiger partial charge in [-0.3, -0.25) is 4.79 Å². The number of carboxylic acid groups (broad SMARTS) is 1. The molecule has 0 amide bonds. The largest absolute Gasteiger partial charge is 0.481 e. The van der Waals surface area contributed by atoms with E-state index in [1.165, 1.54) is 12.1 Å². The van der Waals surface area contributed by atoms with Crippen molar-refractivity contribution in [3.8, 4) is 0 Å². The number of ether oxygens (including phenoxy) is 1. The Bertz CT molecular complexity index is 429. The Morgan fingerprint density at radius 1 is 1.56 bits per heavy atom. The molecule has 1 heterocycles. The molecule has 0 aliphatic carbocycles. The van der Waals surface area contributed by atoms with Crippen LogP contribution in [-0.2, 0) is 16.0 Å². The number of hydrogen-bond acceptors (Lipinski definition) is 2. The average molecular weight is 245 g/mol. The molecule has 0 spiro atoms. The smallest absolute Gasteiger partial charge is 0.314 e. The summed E-state index contributed by atoms with van der Waals surface area (Å²) in [4.78, 5) is 11.1. The quantitative estimate of drug-likeness (QED) is 0.886. The van der Waals surface area contributed by atoms with Crippen LogP contribution in [0.1, 0.15) is 5.56 Å². The minimum Gasteiger partial charge on any atom is -0.481 e. The molecule has 0 atom stereocenters. The lowest BCUT2D eigenvalue weighted by Gasteiger charge is -2.37. The van der Waals surface area contributed by atoms with Crippen molar-refractivity contribution >= 4 is 17.6 Å². The molecule has 1 aliphatic rings. The van der Waals surface area contributed by atoms with Gasteiger partial charge in [-0.05, 0) is 24.1 Å². The number of carboxylic acids is 1. The van der Waals surface area contributed by atoms with Crippen molar-refractivity contribution < 1.29 is 19.0 Å². The first-order valence-corrected chi connectivity index (χ1v) is 5.16. The predicted molar refractivity (Wildman–Crippen MR) is 56.0 cm³/mol. The molecule has 1 aromatic rings. The Morgan fingerprint density at radius 3 is 2.69 bits per heavy atom. The highest BCUT2D eigenvalue weighted by Crippen LogP contribution is 2.33. The van der Waals surface area contributed by atoms with E-state index in [1.54, 1.807) is 6.07 Å². The van der Waals surface area contributed by atoms with Crippen molar-refractivity contribution in [3.05, 3.63) is 34.6 Å². The minimum absolute atomic E-state index is 0.0123. The van der Waals surface area contributed by atoms with Crippen LogP contribution >= 0.6 is 11.6 Å². The zero-order chi connectivity index (χ0) is 11.8. The number of carbonyl (C=O) groups is 1. The van der Waals surface area contributed by atoms with Crippen LogP contribution < -0.4 is 0 Å². The van der Waals surface area contributed by atoms with Gasteiger partial charge in [-0.15, -0.1) is 0 Å². The second-order valence-electron chi connectivity index (χ2n) is 4.00. The van der Waals surface area contributed by atoms with Crippen LogP contribution in [0.3, 0.4) is 0 Å². The lowest BCUT2D eigenvalue weighted by molar-refractivity contribution is -0.179. The third-order valence-electron chi connectivity index (χ3n) is 2.74. The van der Waals surface area contributed by atoms with Crippen LogP contribution in [0.15, 0.2) is 18.2 Å². The molecule has 16 heavy (non-hydrogen) atoms. The topological polar surface area (TPSA) is 46.5 Å². The van der Waals surface area contributed by atoms with E-state index in [2.05, 4.69) is 0 Å². The van der Waals surface area contributed by atoms with Crippen molar-refractivity contribution in [2.75, 3.05) is 13.2 Å². The maximum absolute atomic E-state index is 12.9. The fourth-order valence-corrected chi connectivity index (χ4v) is 1.89. The van der Waals surface area contributed by atoms with Crippen LogP contribution in [0, 0.1) is 11.2 Å². The first kappa shape index (κ1) is 11.4. The minimum atomic E-state index is -0.890. The summed E-state index contributed by atoms with van der Waals surface area (Å²) in [7, 11) is 0. The Balaban J connectivity index is 2.20. The highest BCUT2D eigenvalue weighted by atomic mass is 35.5. The maximum Gasteiger partial charge on any atom is 0.314 e. The molecular weight excluding hydrogens is 235 g/mol. The van der Waals surface area contributed by atoms with E-state index in [0.717, 1.165) is 0 Å². The number of halogens is 2. The molecule has 86 valence electrons. The van der Waals surface area contributed by atoms with Gasteiger partial charge in [0, 0.05) is 0 Å². The van der Waals surface area contributed by atoms with Crippen LogP contribution in [0.5, 0.6) is 0 Å². The lowest BCUT2D eigenvalue weighted by atomic mass is 9.80. The zero-order valence-corrected chi connectivity index (χ0v) is 9.13. The fourth-order valence-electron chi connectivity index (χ4n) is 1.69. The average Bonchev–Trinajstić information content (AvgIpc) is 2.16. The highest BCUT2D eigenvalue weighted by Gasteiger charge is 2.46. The molecule has 1 aromatic carbocycles. The van der Waals surface area contributed by atoms with Crippen LogP contribution in [0.25, 0.3) is 0 Å². The van der Waals surface area contributed by atoms with Crippen molar-refractivity contribution in [3.63, 3.8) is 0 Å². The standard InChI is InChI=1S/C11H10ClFO3/c12-8-3-7(1-2-9(8)13)4-11(10(14)15)5-16-6-11/h1-3H,4-6H2,(H,14,15). The molecule has 2 rings (SSSR count). The van der Waals surface area contributed by atoms with Gasteiger partial charge < -0.3 is 9.84 Å². The van der Waals surface area contributed by atoms with Gasteiger partial charge in [0.2, 0.25) is 0 Å². The third kappa shape index (κ3) is 1.90. The summed E-state index contributed by atoms with van der Waals surface area (Å²) in [6, 6.07) is 4.25. The van der Waals surface area contributed by atoms with Crippen molar-refractivity contribution in [1.29, 1.82) is 0 Å². The van der Waals surface area contributed by atoms with Gasteiger partial charge in [0.15, 0.2) is 0 Å². The Hall–Kier alpha value is -1.13. The number of hydrogen-bond donors (Lipinski definition) is 1. The normalized spacial score (nSPS) is 17.9. The molecule has 0 aromatic heterocycles. The second kappa shape index (κ2) is 4.03. The van der Waals surface area contributed by atoms with E-state index in [9.17, 15) is 9.18 Å². The lowest BCUT2D eigenvalue weighted by Crippen LogP contribution is -2.50. The summed E-state index contributed by atoms with van der Waals surface area (Å²) in [5, 5.41) is 9.09. The molecule has 0 radical (unpaired) electrons. The van der Waals surface area contributed by atoms with Gasteiger partial charge in [-0.1, -0.05) is 17.7 Å². The molecular formula is C11H10ClFO3. The Morgan fingerprint density at radius 2 is 2.25 bits per heavy atom. The molecule has 3 nitrogen and oxygen atoms in total. The maximum atomic E-state index is 12.9. The third-order valence-corrected chi connectivity index (χ3v) is 3.03. The highest BCUT2D eigenvalue weighted by molar-refractivity contribution is 6.30. The number of aliphatic carboxylic acids is 1. The number of rotatable bonds is 3. The molecule has 1 N–H and O–H groups in total. The first-order valence-electron chi connectivity index (χ1n) is 4.79. The molecule has 0 saturated carbocycles. The predicted octanol–water partition coefficient (Wildman–Crippen LogP) is 2.12. The second-order valence-corrected chi connectivity index (χ2v) is 4.41. The van der Waals surface area contributed by atoms with Crippen molar-refractivity contribution in [2.45, 2.75) is 6.42 Å². The first-order chi connectivity index (χ1) is 7.53. The monoisotopic (exact) mass is 244 g/mol. The Labute approximate surface area is 96.8 Å². The fraction of sp³-hybridized carbons (Fsp3) is 0.364. The summed E-state index contributed by atoms with van der Waals surface area (Å²) in [6.45, 7) is 0.384. The van der Waals surface area contributed by atoms with Gasteiger partial charge in [-0.25, -0.2) is 4.39 Å². The molecule has 1 aliphatic heterocycles. The van der Waals surface area contributed by atoms with Gasteiger partial charge in [0.05, 0.1) is 18.2 Å². The van der Waals surface area contributed by atoms with E-state index >= 15 is 0 Å². The van der Waals surface area contributed by atoms with Gasteiger partial charge in [0.25, 0.3) is 0 Å². The van der Waals surface area contributed by atoms with Crippen molar-refractivity contribution in [1.82, 2.24) is 0 Å². The van der Waals surface area contributed by atoms with Crippen LogP contribution in [0.4, 0.5) is 4.39 Å². The van der Waals surface area contributed by atoms with E-state index in [4.69, 9.17) is 21.4 Å². The van der Waals surface area contributed by atoms with Gasteiger partial charge >= 0.3 is 5.97 Å². The summed E-state index contributed by atoms with van der Waals surface area (Å²) in [6.07, 6.45) is 0.308. The SMILES string of the molecule is O=C(O)C1(Cc2ccc(F)c(Cl)c2)COC1. The molecule has 0 unspecified atom stereocenters. The molecule has 1 fully saturated rings. The van der Waals surface area contributed by atoms with Crippen LogP contribution in [0.2, 0.25) is 5.02 Å². The molecule has 0 bridgehead atoms. The summed E-state index contributed by atoms with van der Waals surface area (Å²) in [5.41, 5.74) is -0.168. The molecule has 1 saturated heterocycles. The summed E-state index contributed by atoms with van der Waals surface area (Å²) < 4.78 is 17.9. The van der Waals surface area contributed by atoms with E-state index < -0.39 is 17.2 Å². The van der Waals surface area contributed by atoms with Gasteiger partial charge in [0.1, 0.15) is 11.2 Å². The zero-order valence-electron chi connectivity index (χ0n) is 8.37. The van der Waals surface area contributed by atoms with Crippen molar-refractivity contribution in [2.24, 2.45) is 5.41 Å². The van der Waals surface area contributed by atoms with E-state index in [0.29, 0.717) is 12.0 Å². The summed E-state index contributed by atoms with van der Waals surface area (Å²) >= 11 is 5.63. The summed E-state index contributed by atoms with van der Waals surface area (Å²) in [5.74, 6) is -1.39.